The molecule has 0 spiro atoms. The summed E-state index contributed by atoms with van der Waals surface area (Å²) in [5, 5.41) is 9.47. The number of rotatable bonds is 7. The highest BCUT2D eigenvalue weighted by Gasteiger charge is 2.42. The van der Waals surface area contributed by atoms with E-state index in [1.807, 2.05) is 39.1 Å². The fourth-order valence-electron chi connectivity index (χ4n) is 3.05. The molecule has 170 valence electrons. The van der Waals surface area contributed by atoms with Gasteiger partial charge in [-0.15, -0.1) is 5.10 Å². The van der Waals surface area contributed by atoms with Crippen LogP contribution < -0.4 is 5.32 Å². The van der Waals surface area contributed by atoms with Crippen LogP contribution in [0.3, 0.4) is 0 Å². The fraction of sp³-hybridized carbons (Fsp3) is 0.318. The monoisotopic (exact) mass is 449 g/mol. The highest BCUT2D eigenvalue weighted by molar-refractivity contribution is 5.93. The first-order valence-corrected chi connectivity index (χ1v) is 9.92. The molecule has 32 heavy (non-hydrogen) atoms. The van der Waals surface area contributed by atoms with Crippen LogP contribution in [0.5, 0.6) is 0 Å². The summed E-state index contributed by atoms with van der Waals surface area (Å²) < 4.78 is 54.9. The molecule has 0 aliphatic heterocycles. The Morgan fingerprint density at radius 3 is 2.31 bits per heavy atom. The third kappa shape index (κ3) is 5.31. The van der Waals surface area contributed by atoms with Crippen LogP contribution in [0.1, 0.15) is 41.2 Å². The smallest absolute Gasteiger partial charge is 0.346 e. The molecule has 1 N–H and O–H groups in total. The Balaban J connectivity index is 1.85. The lowest BCUT2D eigenvalue weighted by molar-refractivity contribution is -0.143. The van der Waals surface area contributed by atoms with E-state index in [9.17, 15) is 22.4 Å². The highest BCUT2D eigenvalue weighted by Crippen LogP contribution is 2.32. The van der Waals surface area contributed by atoms with Gasteiger partial charge in [0.25, 0.3) is 5.91 Å². The summed E-state index contributed by atoms with van der Waals surface area (Å²) in [6.07, 6.45) is -4.90. The van der Waals surface area contributed by atoms with Crippen LogP contribution in [-0.2, 0) is 19.3 Å². The van der Waals surface area contributed by atoms with Crippen LogP contribution >= 0.6 is 0 Å². The molecule has 0 aliphatic rings. The molecule has 6 nitrogen and oxygen atoms in total. The van der Waals surface area contributed by atoms with E-state index in [1.165, 1.54) is 0 Å². The first-order chi connectivity index (χ1) is 15.1. The Bertz CT molecular complexity index is 1080. The van der Waals surface area contributed by atoms with Gasteiger partial charge < -0.3 is 5.32 Å². The normalized spacial score (nSPS) is 11.9. The van der Waals surface area contributed by atoms with E-state index in [0.717, 1.165) is 35.4 Å². The van der Waals surface area contributed by atoms with E-state index in [-0.39, 0.29) is 12.2 Å². The molecule has 1 amide bonds. The van der Waals surface area contributed by atoms with Gasteiger partial charge in [0, 0.05) is 19.1 Å². The molecule has 1 aromatic heterocycles. The van der Waals surface area contributed by atoms with E-state index in [2.05, 4.69) is 20.5 Å². The van der Waals surface area contributed by atoms with Crippen molar-refractivity contribution >= 4 is 5.91 Å². The number of benzene rings is 2. The lowest BCUT2D eigenvalue weighted by atomic mass is 10.1. The van der Waals surface area contributed by atoms with Crippen molar-refractivity contribution in [1.82, 2.24) is 25.2 Å². The molecule has 3 aromatic rings. The minimum atomic E-state index is -4.90. The number of hydrogen-bond acceptors (Lipinski definition) is 4. The number of amides is 1. The van der Waals surface area contributed by atoms with Gasteiger partial charge in [-0.2, -0.15) is 13.2 Å². The van der Waals surface area contributed by atoms with Crippen molar-refractivity contribution in [2.24, 2.45) is 0 Å². The molecule has 0 radical (unpaired) electrons. The Hall–Kier alpha value is -3.27. The number of nitrogens with zero attached hydrogens (tertiary/aromatic N) is 4. The maximum atomic E-state index is 13.8. The second-order valence-electron chi connectivity index (χ2n) is 7.63. The second-order valence-corrected chi connectivity index (χ2v) is 7.63. The van der Waals surface area contributed by atoms with Crippen molar-refractivity contribution in [3.05, 3.63) is 76.9 Å². The van der Waals surface area contributed by atoms with Crippen LogP contribution in [-0.4, -0.2) is 38.9 Å². The molecule has 10 heteroatoms. The third-order valence-electron chi connectivity index (χ3n) is 5.08. The standard InChI is InChI=1S/C22H23F4N5O/c1-14(2)30(3)13-16-7-5-4-6-15(16)12-27-21(32)19-20(22(24,25)26)31(29-28-19)18-10-8-17(23)9-11-18/h4-11,14H,12-13H2,1-3H3,(H,27,32). The highest BCUT2D eigenvalue weighted by atomic mass is 19.4. The van der Waals surface area contributed by atoms with Gasteiger partial charge in [-0.3, -0.25) is 9.69 Å². The van der Waals surface area contributed by atoms with Crippen LogP contribution in [0.2, 0.25) is 0 Å². The predicted molar refractivity (Wildman–Crippen MR) is 111 cm³/mol. The Labute approximate surface area is 182 Å². The average Bonchev–Trinajstić information content (AvgIpc) is 3.19. The third-order valence-corrected chi connectivity index (χ3v) is 5.08. The molecule has 0 atom stereocenters. The number of carbonyl (C=O) groups excluding carboxylic acids is 1. The first kappa shape index (κ1) is 23.4. The molecule has 1 heterocycles. The van der Waals surface area contributed by atoms with E-state index >= 15 is 0 Å². The average molecular weight is 449 g/mol. The summed E-state index contributed by atoms with van der Waals surface area (Å²) in [6.45, 7) is 4.75. The molecule has 3 rings (SSSR count). The number of alkyl halides is 3. The van der Waals surface area contributed by atoms with E-state index in [1.54, 1.807) is 6.07 Å². The van der Waals surface area contributed by atoms with Gasteiger partial charge in [0.1, 0.15) is 5.82 Å². The molecule has 0 saturated carbocycles. The summed E-state index contributed by atoms with van der Waals surface area (Å²) in [5.74, 6) is -1.61. The van der Waals surface area contributed by atoms with Gasteiger partial charge in [-0.25, -0.2) is 9.07 Å². The minimum Gasteiger partial charge on any atom is -0.346 e. The summed E-state index contributed by atoms with van der Waals surface area (Å²) in [5.41, 5.74) is -0.497. The SMILES string of the molecule is CC(C)N(C)Cc1ccccc1CNC(=O)c1nnn(-c2ccc(F)cc2)c1C(F)(F)F. The maximum Gasteiger partial charge on any atom is 0.435 e. The van der Waals surface area contributed by atoms with Gasteiger partial charge in [0.2, 0.25) is 0 Å². The van der Waals surface area contributed by atoms with Crippen molar-refractivity contribution in [3.63, 3.8) is 0 Å². The summed E-state index contributed by atoms with van der Waals surface area (Å²) in [6, 6.07) is 11.9. The first-order valence-electron chi connectivity index (χ1n) is 9.92. The van der Waals surface area contributed by atoms with E-state index in [4.69, 9.17) is 0 Å². The largest absolute Gasteiger partial charge is 0.435 e. The predicted octanol–water partition coefficient (Wildman–Crippen LogP) is 4.20. The molecular formula is C22H23F4N5O. The van der Waals surface area contributed by atoms with Crippen molar-refractivity contribution in [2.45, 2.75) is 39.2 Å². The van der Waals surface area contributed by atoms with Crippen molar-refractivity contribution in [1.29, 1.82) is 0 Å². The van der Waals surface area contributed by atoms with Gasteiger partial charge in [-0.1, -0.05) is 29.5 Å². The van der Waals surface area contributed by atoms with Crippen LogP contribution in [0.4, 0.5) is 17.6 Å². The lowest BCUT2D eigenvalue weighted by Crippen LogP contribution is -2.29. The number of hydrogen-bond donors (Lipinski definition) is 1. The zero-order chi connectivity index (χ0) is 23.5. The number of carbonyl (C=O) groups is 1. The maximum absolute atomic E-state index is 13.8. The topological polar surface area (TPSA) is 63.1 Å². The van der Waals surface area contributed by atoms with Crippen LogP contribution in [0.15, 0.2) is 48.5 Å². The number of nitrogens with one attached hydrogen (secondary N) is 1. The fourth-order valence-corrected chi connectivity index (χ4v) is 3.05. The van der Waals surface area contributed by atoms with Gasteiger partial charge in [0.15, 0.2) is 11.4 Å². The molecular weight excluding hydrogens is 426 g/mol. The van der Waals surface area contributed by atoms with Gasteiger partial charge >= 0.3 is 6.18 Å². The minimum absolute atomic E-state index is 0.0294. The zero-order valence-electron chi connectivity index (χ0n) is 17.8. The molecule has 0 bridgehead atoms. The Morgan fingerprint density at radius 2 is 1.72 bits per heavy atom. The Morgan fingerprint density at radius 1 is 1.09 bits per heavy atom. The van der Waals surface area contributed by atoms with E-state index < -0.39 is 29.3 Å². The van der Waals surface area contributed by atoms with Crippen molar-refractivity contribution in [3.8, 4) is 5.69 Å². The van der Waals surface area contributed by atoms with Crippen LogP contribution in [0, 0.1) is 5.82 Å². The number of halogens is 4. The summed E-state index contributed by atoms with van der Waals surface area (Å²) >= 11 is 0. The van der Waals surface area contributed by atoms with Crippen molar-refractivity contribution in [2.75, 3.05) is 7.05 Å². The van der Waals surface area contributed by atoms with E-state index in [0.29, 0.717) is 17.3 Å². The van der Waals surface area contributed by atoms with Gasteiger partial charge in [-0.05, 0) is 56.3 Å². The van der Waals surface area contributed by atoms with Crippen LogP contribution in [0.25, 0.3) is 5.69 Å². The quantitative estimate of drug-likeness (QED) is 0.550. The number of aromatic nitrogens is 3. The Kier molecular flexibility index (Phi) is 6.93. The molecule has 0 aliphatic carbocycles. The zero-order valence-corrected chi connectivity index (χ0v) is 17.8. The van der Waals surface area contributed by atoms with Gasteiger partial charge in [0.05, 0.1) is 5.69 Å². The molecule has 2 aromatic carbocycles. The molecule has 0 fully saturated rings. The summed E-state index contributed by atoms with van der Waals surface area (Å²) in [4.78, 5) is 14.7. The second kappa shape index (κ2) is 9.47. The lowest BCUT2D eigenvalue weighted by Gasteiger charge is -2.22. The molecule has 0 saturated heterocycles. The molecule has 0 unspecified atom stereocenters. The van der Waals surface area contributed by atoms with Crippen molar-refractivity contribution < 1.29 is 22.4 Å². The summed E-state index contributed by atoms with van der Waals surface area (Å²) in [7, 11) is 1.96.